The summed E-state index contributed by atoms with van der Waals surface area (Å²) in [5.41, 5.74) is 0. The van der Waals surface area contributed by atoms with Crippen molar-refractivity contribution in [1.29, 1.82) is 0 Å². The van der Waals surface area contributed by atoms with Crippen molar-refractivity contribution < 1.29 is 8.42 Å². The zero-order valence-corrected chi connectivity index (χ0v) is 10.8. The summed E-state index contributed by atoms with van der Waals surface area (Å²) in [6.45, 7) is 1.63. The second-order valence-corrected chi connectivity index (χ2v) is 5.45. The van der Waals surface area contributed by atoms with Gasteiger partial charge in [0.15, 0.2) is 0 Å². The molecule has 0 spiro atoms. The first-order valence-electron chi connectivity index (χ1n) is 4.84. The molecule has 0 aliphatic heterocycles. The molecule has 10 heteroatoms. The van der Waals surface area contributed by atoms with Gasteiger partial charge in [0.1, 0.15) is 17.0 Å². The SMILES string of the molecule is CC(NS(=O)(=O)c1cnc(Cl)nc1)c1ncn[nH]1. The number of sulfonamides is 1. The number of hydrogen-bond donors (Lipinski definition) is 2. The Labute approximate surface area is 108 Å². The third-order valence-electron chi connectivity index (χ3n) is 2.08. The Morgan fingerprint density at radius 2 is 2.00 bits per heavy atom. The molecule has 0 bridgehead atoms. The lowest BCUT2D eigenvalue weighted by molar-refractivity contribution is 0.559. The smallest absolute Gasteiger partial charge is 0.244 e. The van der Waals surface area contributed by atoms with Crippen LogP contribution in [0.1, 0.15) is 18.8 Å². The summed E-state index contributed by atoms with van der Waals surface area (Å²) >= 11 is 5.49. The van der Waals surface area contributed by atoms with Gasteiger partial charge in [-0.1, -0.05) is 0 Å². The second kappa shape index (κ2) is 4.96. The number of nitrogens with zero attached hydrogens (tertiary/aromatic N) is 4. The highest BCUT2D eigenvalue weighted by Gasteiger charge is 2.20. The standard InChI is InChI=1S/C8H9ClN6O2S/c1-5(7-12-4-13-14-7)15-18(16,17)6-2-10-8(9)11-3-6/h2-5,15H,1H3,(H,12,13,14). The van der Waals surface area contributed by atoms with Gasteiger partial charge in [-0.3, -0.25) is 5.10 Å². The first-order chi connectivity index (χ1) is 8.49. The van der Waals surface area contributed by atoms with Gasteiger partial charge >= 0.3 is 0 Å². The molecule has 1 atom stereocenters. The van der Waals surface area contributed by atoms with Gasteiger partial charge in [0.25, 0.3) is 0 Å². The van der Waals surface area contributed by atoms with Gasteiger partial charge in [-0.2, -0.15) is 5.10 Å². The van der Waals surface area contributed by atoms with Gasteiger partial charge < -0.3 is 0 Å². The molecule has 1 unspecified atom stereocenters. The van der Waals surface area contributed by atoms with E-state index < -0.39 is 16.1 Å². The second-order valence-electron chi connectivity index (χ2n) is 3.40. The van der Waals surface area contributed by atoms with Crippen LogP contribution in [0.15, 0.2) is 23.6 Å². The van der Waals surface area contributed by atoms with E-state index in [2.05, 4.69) is 29.9 Å². The van der Waals surface area contributed by atoms with Gasteiger partial charge in [-0.15, -0.1) is 0 Å². The Balaban J connectivity index is 2.20. The lowest BCUT2D eigenvalue weighted by Crippen LogP contribution is -2.27. The maximum atomic E-state index is 12.0. The fourth-order valence-electron chi connectivity index (χ4n) is 1.22. The van der Waals surface area contributed by atoms with Gasteiger partial charge in [-0.05, 0) is 18.5 Å². The molecule has 2 heterocycles. The summed E-state index contributed by atoms with van der Waals surface area (Å²) in [5.74, 6) is 0.411. The first kappa shape index (κ1) is 12.9. The van der Waals surface area contributed by atoms with Gasteiger partial charge in [0.2, 0.25) is 15.3 Å². The Bertz CT molecular complexity index is 612. The summed E-state index contributed by atoms with van der Waals surface area (Å²) in [4.78, 5) is 11.0. The third kappa shape index (κ3) is 2.81. The minimum atomic E-state index is -3.72. The number of aromatic amines is 1. The highest BCUT2D eigenvalue weighted by molar-refractivity contribution is 7.89. The van der Waals surface area contributed by atoms with Crippen LogP contribution in [-0.2, 0) is 10.0 Å². The number of halogens is 1. The Hall–Kier alpha value is -1.58. The highest BCUT2D eigenvalue weighted by Crippen LogP contribution is 2.12. The van der Waals surface area contributed by atoms with Crippen LogP contribution in [0.4, 0.5) is 0 Å². The van der Waals surface area contributed by atoms with E-state index in [0.717, 1.165) is 12.4 Å². The van der Waals surface area contributed by atoms with Crippen molar-refractivity contribution in [2.75, 3.05) is 0 Å². The molecule has 0 radical (unpaired) electrons. The van der Waals surface area contributed by atoms with Crippen LogP contribution in [0.5, 0.6) is 0 Å². The van der Waals surface area contributed by atoms with Crippen molar-refractivity contribution in [1.82, 2.24) is 29.9 Å². The summed E-state index contributed by atoms with van der Waals surface area (Å²) in [5, 5.41) is 6.21. The molecule has 0 aliphatic carbocycles. The van der Waals surface area contributed by atoms with E-state index in [9.17, 15) is 8.42 Å². The molecule has 0 aromatic carbocycles. The Morgan fingerprint density at radius 3 is 2.56 bits per heavy atom. The summed E-state index contributed by atoms with van der Waals surface area (Å²) in [6, 6.07) is -0.548. The van der Waals surface area contributed by atoms with Crippen LogP contribution in [0, 0.1) is 0 Å². The van der Waals surface area contributed by atoms with Gasteiger partial charge in [0.05, 0.1) is 18.4 Å². The van der Waals surface area contributed by atoms with Crippen molar-refractivity contribution in [2.24, 2.45) is 0 Å². The fraction of sp³-hybridized carbons (Fsp3) is 0.250. The molecule has 2 aromatic heterocycles. The maximum absolute atomic E-state index is 12.0. The number of aromatic nitrogens is 5. The molecule has 8 nitrogen and oxygen atoms in total. The Kier molecular flexibility index (Phi) is 3.55. The normalized spacial score (nSPS) is 13.4. The monoisotopic (exact) mass is 288 g/mol. The Morgan fingerprint density at radius 1 is 1.33 bits per heavy atom. The largest absolute Gasteiger partial charge is 0.262 e. The number of rotatable bonds is 4. The van der Waals surface area contributed by atoms with Crippen LogP contribution in [-0.4, -0.2) is 33.6 Å². The number of nitrogens with one attached hydrogen (secondary N) is 2. The lowest BCUT2D eigenvalue weighted by Gasteiger charge is -2.11. The average Bonchev–Trinajstić information content (AvgIpc) is 2.82. The molecule has 0 saturated heterocycles. The topological polar surface area (TPSA) is 114 Å². The van der Waals surface area contributed by atoms with E-state index >= 15 is 0 Å². The van der Waals surface area contributed by atoms with Crippen molar-refractivity contribution in [3.8, 4) is 0 Å². The van der Waals surface area contributed by atoms with Crippen LogP contribution in [0.2, 0.25) is 5.28 Å². The van der Waals surface area contributed by atoms with Crippen molar-refractivity contribution in [3.05, 3.63) is 29.8 Å². The molecular formula is C8H9ClN6O2S. The average molecular weight is 289 g/mol. The first-order valence-corrected chi connectivity index (χ1v) is 6.70. The quantitative estimate of drug-likeness (QED) is 0.782. The van der Waals surface area contributed by atoms with Crippen LogP contribution < -0.4 is 4.72 Å². The summed E-state index contributed by atoms with van der Waals surface area (Å²) in [7, 11) is -3.72. The predicted octanol–water partition coefficient (Wildman–Crippen LogP) is 0.288. The van der Waals surface area contributed by atoms with Crippen LogP contribution in [0.3, 0.4) is 0 Å². The van der Waals surface area contributed by atoms with Crippen LogP contribution in [0.25, 0.3) is 0 Å². The van der Waals surface area contributed by atoms with Crippen LogP contribution >= 0.6 is 11.6 Å². The van der Waals surface area contributed by atoms with E-state index in [1.165, 1.54) is 6.33 Å². The third-order valence-corrected chi connectivity index (χ3v) is 3.77. The van der Waals surface area contributed by atoms with Gasteiger partial charge in [-0.25, -0.2) is 28.1 Å². The molecule has 2 aromatic rings. The van der Waals surface area contributed by atoms with Crippen molar-refractivity contribution >= 4 is 21.6 Å². The predicted molar refractivity (Wildman–Crippen MR) is 62.2 cm³/mol. The number of H-pyrrole nitrogens is 1. The minimum Gasteiger partial charge on any atom is -0.262 e. The zero-order chi connectivity index (χ0) is 13.2. The van der Waals surface area contributed by atoms with E-state index in [0.29, 0.717) is 5.82 Å². The van der Waals surface area contributed by atoms with E-state index in [1.54, 1.807) is 6.92 Å². The fourth-order valence-corrected chi connectivity index (χ4v) is 2.41. The van der Waals surface area contributed by atoms with Crippen molar-refractivity contribution in [2.45, 2.75) is 17.9 Å². The van der Waals surface area contributed by atoms with E-state index in [-0.39, 0.29) is 10.2 Å². The summed E-state index contributed by atoms with van der Waals surface area (Å²) in [6.07, 6.45) is 3.56. The minimum absolute atomic E-state index is 0.0165. The molecule has 0 aliphatic rings. The molecule has 0 amide bonds. The molecule has 0 fully saturated rings. The molecule has 2 N–H and O–H groups in total. The van der Waals surface area contributed by atoms with Crippen molar-refractivity contribution in [3.63, 3.8) is 0 Å². The molecular weight excluding hydrogens is 280 g/mol. The molecule has 96 valence electrons. The molecule has 2 rings (SSSR count). The van der Waals surface area contributed by atoms with E-state index in [1.807, 2.05) is 0 Å². The maximum Gasteiger partial charge on any atom is 0.244 e. The summed E-state index contributed by atoms with van der Waals surface area (Å²) < 4.78 is 26.3. The number of hydrogen-bond acceptors (Lipinski definition) is 6. The molecule has 18 heavy (non-hydrogen) atoms. The lowest BCUT2D eigenvalue weighted by atomic mass is 10.3. The van der Waals surface area contributed by atoms with Gasteiger partial charge in [0, 0.05) is 0 Å². The highest BCUT2D eigenvalue weighted by atomic mass is 35.5. The molecule has 0 saturated carbocycles. The van der Waals surface area contributed by atoms with E-state index in [4.69, 9.17) is 11.6 Å². The zero-order valence-electron chi connectivity index (χ0n) is 9.20.